The molecule has 0 unspecified atom stereocenters. The van der Waals surface area contributed by atoms with E-state index in [4.69, 9.17) is 21.1 Å². The standard InChI is InChI=1S/C10H10ClNO5/c1-16-5-6-17-10(13)7-3-2-4-8(11)9(7)12(14)15/h2-4H,5-6H2,1H3. The van der Waals surface area contributed by atoms with Crippen LogP contribution in [0.4, 0.5) is 5.69 Å². The topological polar surface area (TPSA) is 78.7 Å². The quantitative estimate of drug-likeness (QED) is 0.350. The Balaban J connectivity index is 2.93. The third-order valence-electron chi connectivity index (χ3n) is 1.91. The molecule has 0 saturated carbocycles. The first-order valence-electron chi connectivity index (χ1n) is 4.67. The summed E-state index contributed by atoms with van der Waals surface area (Å²) in [6, 6.07) is 4.08. The van der Waals surface area contributed by atoms with Gasteiger partial charge in [0, 0.05) is 7.11 Å². The first-order valence-corrected chi connectivity index (χ1v) is 5.04. The van der Waals surface area contributed by atoms with Crippen LogP contribution in [0.15, 0.2) is 18.2 Å². The summed E-state index contributed by atoms with van der Waals surface area (Å²) in [5.74, 6) is -0.795. The molecule has 0 atom stereocenters. The van der Waals surface area contributed by atoms with Gasteiger partial charge in [0.25, 0.3) is 0 Å². The molecule has 0 aliphatic carbocycles. The molecule has 17 heavy (non-hydrogen) atoms. The number of rotatable bonds is 5. The summed E-state index contributed by atoms with van der Waals surface area (Å²) in [7, 11) is 1.45. The predicted molar refractivity (Wildman–Crippen MR) is 60.3 cm³/mol. The lowest BCUT2D eigenvalue weighted by Crippen LogP contribution is -2.12. The lowest BCUT2D eigenvalue weighted by molar-refractivity contribution is -0.385. The Morgan fingerprint density at radius 1 is 1.47 bits per heavy atom. The molecular formula is C10H10ClNO5. The van der Waals surface area contributed by atoms with E-state index in [1.807, 2.05) is 0 Å². The van der Waals surface area contributed by atoms with Crippen molar-refractivity contribution in [3.05, 3.63) is 38.9 Å². The average molecular weight is 260 g/mol. The second-order valence-corrected chi connectivity index (χ2v) is 3.43. The molecule has 0 aliphatic rings. The van der Waals surface area contributed by atoms with Crippen molar-refractivity contribution in [3.63, 3.8) is 0 Å². The summed E-state index contributed by atoms with van der Waals surface area (Å²) >= 11 is 5.66. The summed E-state index contributed by atoms with van der Waals surface area (Å²) < 4.78 is 9.48. The number of nitro benzene ring substituents is 1. The minimum atomic E-state index is -0.795. The maximum Gasteiger partial charge on any atom is 0.345 e. The van der Waals surface area contributed by atoms with Gasteiger partial charge in [-0.3, -0.25) is 10.1 Å². The van der Waals surface area contributed by atoms with Gasteiger partial charge in [-0.25, -0.2) is 4.79 Å². The van der Waals surface area contributed by atoms with Gasteiger partial charge in [0.15, 0.2) is 0 Å². The normalized spacial score (nSPS) is 10.0. The zero-order chi connectivity index (χ0) is 12.8. The Hall–Kier alpha value is -1.66. The third-order valence-corrected chi connectivity index (χ3v) is 2.21. The minimum absolute atomic E-state index is 0.0268. The van der Waals surface area contributed by atoms with Crippen LogP contribution < -0.4 is 0 Å². The molecule has 0 radical (unpaired) electrons. The van der Waals surface area contributed by atoms with Crippen LogP contribution in [0.5, 0.6) is 0 Å². The zero-order valence-electron chi connectivity index (χ0n) is 9.01. The molecule has 92 valence electrons. The van der Waals surface area contributed by atoms with Crippen LogP contribution in [0.1, 0.15) is 10.4 Å². The van der Waals surface area contributed by atoms with E-state index in [0.29, 0.717) is 0 Å². The van der Waals surface area contributed by atoms with Gasteiger partial charge >= 0.3 is 11.7 Å². The number of methoxy groups -OCH3 is 1. The van der Waals surface area contributed by atoms with E-state index in [1.54, 1.807) is 0 Å². The number of nitro groups is 1. The molecule has 0 saturated heterocycles. The van der Waals surface area contributed by atoms with E-state index >= 15 is 0 Å². The highest BCUT2D eigenvalue weighted by atomic mass is 35.5. The number of carbonyl (C=O) groups excluding carboxylic acids is 1. The first-order chi connectivity index (χ1) is 8.07. The van der Waals surface area contributed by atoms with Gasteiger partial charge < -0.3 is 9.47 Å². The number of benzene rings is 1. The van der Waals surface area contributed by atoms with E-state index in [2.05, 4.69) is 0 Å². The molecule has 0 fully saturated rings. The molecular weight excluding hydrogens is 250 g/mol. The Bertz CT molecular complexity index is 435. The monoisotopic (exact) mass is 259 g/mol. The van der Waals surface area contributed by atoms with E-state index < -0.39 is 16.6 Å². The fraction of sp³-hybridized carbons (Fsp3) is 0.300. The molecule has 0 bridgehead atoms. The van der Waals surface area contributed by atoms with Crippen molar-refractivity contribution in [1.82, 2.24) is 0 Å². The highest BCUT2D eigenvalue weighted by Gasteiger charge is 2.24. The average Bonchev–Trinajstić information content (AvgIpc) is 2.28. The maximum atomic E-state index is 11.6. The van der Waals surface area contributed by atoms with Crippen LogP contribution in [0, 0.1) is 10.1 Å². The summed E-state index contributed by atoms with van der Waals surface area (Å²) in [6.07, 6.45) is 0. The fourth-order valence-corrected chi connectivity index (χ4v) is 1.40. The molecule has 1 rings (SSSR count). The number of esters is 1. The van der Waals surface area contributed by atoms with Crippen LogP contribution >= 0.6 is 11.6 Å². The summed E-state index contributed by atoms with van der Waals surface area (Å²) in [6.45, 7) is 0.249. The first kappa shape index (κ1) is 13.4. The van der Waals surface area contributed by atoms with Gasteiger partial charge in [0.05, 0.1) is 11.5 Å². The van der Waals surface area contributed by atoms with Gasteiger partial charge in [-0.05, 0) is 12.1 Å². The molecule has 0 aromatic heterocycles. The molecule has 0 amide bonds. The Morgan fingerprint density at radius 2 is 2.18 bits per heavy atom. The Morgan fingerprint density at radius 3 is 2.76 bits per heavy atom. The number of para-hydroxylation sites is 1. The van der Waals surface area contributed by atoms with Crippen LogP contribution in [0.2, 0.25) is 5.02 Å². The van der Waals surface area contributed by atoms with E-state index in [-0.39, 0.29) is 23.8 Å². The Labute approximate surface area is 102 Å². The maximum absolute atomic E-state index is 11.6. The predicted octanol–water partition coefficient (Wildman–Crippen LogP) is 2.05. The summed E-state index contributed by atoms with van der Waals surface area (Å²) in [5, 5.41) is 10.7. The smallest absolute Gasteiger partial charge is 0.345 e. The fourth-order valence-electron chi connectivity index (χ4n) is 1.16. The van der Waals surface area contributed by atoms with Crippen molar-refractivity contribution in [3.8, 4) is 0 Å². The number of carbonyl (C=O) groups is 1. The van der Waals surface area contributed by atoms with Gasteiger partial charge in [-0.1, -0.05) is 17.7 Å². The second-order valence-electron chi connectivity index (χ2n) is 3.02. The van der Waals surface area contributed by atoms with E-state index in [1.165, 1.54) is 25.3 Å². The number of halogens is 1. The second kappa shape index (κ2) is 6.17. The zero-order valence-corrected chi connectivity index (χ0v) is 9.77. The van der Waals surface area contributed by atoms with Crippen LogP contribution in [0.25, 0.3) is 0 Å². The van der Waals surface area contributed by atoms with Crippen molar-refractivity contribution in [1.29, 1.82) is 0 Å². The number of ether oxygens (including phenoxy) is 2. The molecule has 0 heterocycles. The van der Waals surface area contributed by atoms with Crippen molar-refractivity contribution < 1.29 is 19.2 Å². The lowest BCUT2D eigenvalue weighted by atomic mass is 10.2. The van der Waals surface area contributed by atoms with Crippen LogP contribution in [0.3, 0.4) is 0 Å². The highest BCUT2D eigenvalue weighted by molar-refractivity contribution is 6.33. The number of hydrogen-bond donors (Lipinski definition) is 0. The van der Waals surface area contributed by atoms with Crippen LogP contribution in [-0.4, -0.2) is 31.2 Å². The van der Waals surface area contributed by atoms with Crippen molar-refractivity contribution in [2.45, 2.75) is 0 Å². The van der Waals surface area contributed by atoms with Gasteiger partial charge in [0.1, 0.15) is 17.2 Å². The number of hydrogen-bond acceptors (Lipinski definition) is 5. The van der Waals surface area contributed by atoms with Crippen molar-refractivity contribution in [2.24, 2.45) is 0 Å². The molecule has 0 N–H and O–H groups in total. The Kier molecular flexibility index (Phi) is 4.86. The highest BCUT2D eigenvalue weighted by Crippen LogP contribution is 2.28. The minimum Gasteiger partial charge on any atom is -0.459 e. The molecule has 6 nitrogen and oxygen atoms in total. The van der Waals surface area contributed by atoms with E-state index in [9.17, 15) is 14.9 Å². The molecule has 0 spiro atoms. The molecule has 7 heteroatoms. The van der Waals surface area contributed by atoms with Gasteiger partial charge in [-0.15, -0.1) is 0 Å². The van der Waals surface area contributed by atoms with Gasteiger partial charge in [-0.2, -0.15) is 0 Å². The number of nitrogens with zero attached hydrogens (tertiary/aromatic N) is 1. The largest absolute Gasteiger partial charge is 0.459 e. The van der Waals surface area contributed by atoms with E-state index in [0.717, 1.165) is 0 Å². The van der Waals surface area contributed by atoms with Crippen LogP contribution in [-0.2, 0) is 9.47 Å². The van der Waals surface area contributed by atoms with Crippen molar-refractivity contribution >= 4 is 23.3 Å². The SMILES string of the molecule is COCCOC(=O)c1cccc(Cl)c1[N+](=O)[O-]. The molecule has 1 aromatic rings. The van der Waals surface area contributed by atoms with Gasteiger partial charge in [0.2, 0.25) is 0 Å². The molecule has 1 aromatic carbocycles. The van der Waals surface area contributed by atoms with Crippen molar-refractivity contribution in [2.75, 3.05) is 20.3 Å². The lowest BCUT2D eigenvalue weighted by Gasteiger charge is -2.05. The molecule has 0 aliphatic heterocycles. The summed E-state index contributed by atoms with van der Waals surface area (Å²) in [4.78, 5) is 21.6. The third kappa shape index (κ3) is 3.40. The summed E-state index contributed by atoms with van der Waals surface area (Å²) in [5.41, 5.74) is -0.616.